The number of allylic oxidation sites excluding steroid dienone is 1. The van der Waals surface area contributed by atoms with Crippen LogP contribution in [0.3, 0.4) is 0 Å². The Morgan fingerprint density at radius 3 is 2.83 bits per heavy atom. The minimum absolute atomic E-state index is 0.0177. The summed E-state index contributed by atoms with van der Waals surface area (Å²) in [6.07, 6.45) is 11.8. The number of carbonyl (C=O) groups is 2. The molecule has 10 nitrogen and oxygen atoms in total. The Kier molecular flexibility index (Phi) is 6.72. The molecule has 5 heterocycles. The molecule has 12 heteroatoms. The summed E-state index contributed by atoms with van der Waals surface area (Å²) in [6, 6.07) is 1.83. The molecule has 2 aliphatic rings. The van der Waals surface area contributed by atoms with E-state index in [1.54, 1.807) is 27.8 Å². The van der Waals surface area contributed by atoms with Gasteiger partial charge in [0.2, 0.25) is 0 Å². The molecule has 36 heavy (non-hydrogen) atoms. The van der Waals surface area contributed by atoms with Gasteiger partial charge in [-0.3, -0.25) is 4.68 Å². The van der Waals surface area contributed by atoms with Crippen molar-refractivity contribution in [2.24, 2.45) is 7.05 Å². The summed E-state index contributed by atoms with van der Waals surface area (Å²) in [4.78, 5) is 27.5. The van der Waals surface area contributed by atoms with E-state index in [0.717, 1.165) is 28.5 Å². The Morgan fingerprint density at radius 1 is 1.28 bits per heavy atom. The smallest absolute Gasteiger partial charge is 0.267 e. The Bertz CT molecular complexity index is 1370. The molecule has 0 bridgehead atoms. The van der Waals surface area contributed by atoms with E-state index in [4.69, 9.17) is 0 Å². The summed E-state index contributed by atoms with van der Waals surface area (Å²) in [5.41, 5.74) is 2.79. The Hall–Kier alpha value is -3.01. The average molecular weight is 529 g/mol. The van der Waals surface area contributed by atoms with Crippen LogP contribution in [-0.4, -0.2) is 74.5 Å². The van der Waals surface area contributed by atoms with E-state index in [9.17, 15) is 9.59 Å². The summed E-state index contributed by atoms with van der Waals surface area (Å²) >= 11 is 1.49. The third-order valence-electron chi connectivity index (χ3n) is 7.00. The van der Waals surface area contributed by atoms with Crippen molar-refractivity contribution >= 4 is 35.4 Å². The maximum atomic E-state index is 13.2. The van der Waals surface area contributed by atoms with Crippen molar-refractivity contribution in [2.45, 2.75) is 25.8 Å². The normalized spacial score (nSPS) is 20.5. The van der Waals surface area contributed by atoms with Crippen molar-refractivity contribution in [3.63, 3.8) is 0 Å². The van der Waals surface area contributed by atoms with Gasteiger partial charge in [-0.2, -0.15) is 10.2 Å². The number of thiazole rings is 1. The minimum Gasteiger partial charge on any atom is -0.267 e. The molecule has 0 aromatic carbocycles. The summed E-state index contributed by atoms with van der Waals surface area (Å²) in [5.74, 6) is -0.257. The molecule has 1 atom stereocenters. The second-order valence-electron chi connectivity index (χ2n) is 9.99. The minimum atomic E-state index is -1.33. The van der Waals surface area contributed by atoms with Crippen LogP contribution in [0.1, 0.15) is 30.1 Å². The first-order chi connectivity index (χ1) is 17.2. The van der Waals surface area contributed by atoms with Gasteiger partial charge in [0, 0.05) is 19.4 Å². The van der Waals surface area contributed by atoms with Gasteiger partial charge in [0.05, 0.1) is 10.6 Å². The zero-order chi connectivity index (χ0) is 25.4. The van der Waals surface area contributed by atoms with Crippen molar-refractivity contribution in [2.75, 3.05) is 32.6 Å². The fraction of sp³-hybridized carbons (Fsp3) is 0.417. The molecule has 3 aromatic heterocycles. The molecular weight excluding hydrogens is 495 g/mol. The topological polar surface area (TPSA) is 109 Å². The first kappa shape index (κ1) is 24.7. The molecule has 2 aliphatic heterocycles. The molecule has 3 aromatic rings. The summed E-state index contributed by atoms with van der Waals surface area (Å²) in [6.45, 7) is 8.60. The quantitative estimate of drug-likeness (QED) is 0.407. The van der Waals surface area contributed by atoms with Crippen LogP contribution in [0.2, 0.25) is 0 Å². The number of nitrogens with one attached hydrogen (secondary N) is 3. The van der Waals surface area contributed by atoms with E-state index in [2.05, 4.69) is 44.1 Å². The van der Waals surface area contributed by atoms with E-state index < -0.39 is 7.41 Å². The van der Waals surface area contributed by atoms with Gasteiger partial charge in [0.25, 0.3) is 0 Å². The van der Waals surface area contributed by atoms with Crippen molar-refractivity contribution in [3.05, 3.63) is 53.9 Å². The molecule has 1 fully saturated rings. The van der Waals surface area contributed by atoms with Gasteiger partial charge in [-0.05, 0) is 6.07 Å². The average Bonchev–Trinajstić information content (AvgIpc) is 3.58. The van der Waals surface area contributed by atoms with Crippen LogP contribution in [0.4, 0.5) is 0 Å². The summed E-state index contributed by atoms with van der Waals surface area (Å²) < 4.78 is 6.02. The van der Waals surface area contributed by atoms with Gasteiger partial charge in [-0.1, -0.05) is 0 Å². The zero-order valence-corrected chi connectivity index (χ0v) is 22.9. The molecule has 1 unspecified atom stereocenters. The number of fused-ring (bicyclic) bond motifs is 1. The van der Waals surface area contributed by atoms with Crippen molar-refractivity contribution in [3.8, 4) is 10.6 Å². The molecule has 0 spiro atoms. The standard InChI is InChI=1S/C24H33N8O2PS/c1-16-19(12-17(13-25-16)28-22(33)7-10-31-9-5-11-35(31,3)4)29-23(34)18-14-27-32-15-21(36-24(18)32)20-6-8-26-30(20)2/h6,8,12-16,25,35H,5,7,9-11H2,1-4H3,(H,28,33)(H,29,34). The first-order valence-corrected chi connectivity index (χ1v) is 16.2. The monoisotopic (exact) mass is 528 g/mol. The van der Waals surface area contributed by atoms with Crippen LogP contribution < -0.4 is 16.0 Å². The van der Waals surface area contributed by atoms with Crippen molar-refractivity contribution < 1.29 is 9.59 Å². The van der Waals surface area contributed by atoms with E-state index >= 15 is 0 Å². The molecule has 0 aliphatic carbocycles. The van der Waals surface area contributed by atoms with E-state index in [-0.39, 0.29) is 17.9 Å². The number of aryl methyl sites for hydroxylation is 1. The van der Waals surface area contributed by atoms with Gasteiger partial charge in [-0.15, -0.1) is 11.3 Å². The number of rotatable bonds is 7. The molecule has 192 valence electrons. The van der Waals surface area contributed by atoms with E-state index in [0.29, 0.717) is 23.4 Å². The van der Waals surface area contributed by atoms with Crippen molar-refractivity contribution in [1.29, 1.82) is 0 Å². The number of amides is 2. The summed E-state index contributed by atoms with van der Waals surface area (Å²) in [5, 5.41) is 17.8. The van der Waals surface area contributed by atoms with Crippen LogP contribution >= 0.6 is 18.7 Å². The number of aromatic nitrogens is 4. The zero-order valence-electron chi connectivity index (χ0n) is 21.0. The van der Waals surface area contributed by atoms with Gasteiger partial charge >= 0.3 is 148 Å². The van der Waals surface area contributed by atoms with Gasteiger partial charge in [-0.25, -0.2) is 4.52 Å². The van der Waals surface area contributed by atoms with Crippen LogP contribution in [0.25, 0.3) is 15.4 Å². The third kappa shape index (κ3) is 4.96. The van der Waals surface area contributed by atoms with Gasteiger partial charge < -0.3 is 0 Å². The molecule has 2 amide bonds. The van der Waals surface area contributed by atoms with Crippen LogP contribution in [-0.2, 0) is 11.8 Å². The molecular formula is C24H33N8O2PS. The Balaban J connectivity index is 1.24. The molecule has 1 saturated heterocycles. The number of hydrogen-bond acceptors (Lipinski definition) is 7. The maximum absolute atomic E-state index is 13.2. The molecule has 0 saturated carbocycles. The number of carbonyl (C=O) groups excluding carboxylic acids is 2. The van der Waals surface area contributed by atoms with Crippen molar-refractivity contribution in [1.82, 2.24) is 40.0 Å². The Labute approximate surface area is 214 Å². The number of hydrogen-bond donors (Lipinski definition) is 3. The van der Waals surface area contributed by atoms with Crippen LogP contribution in [0, 0.1) is 0 Å². The number of dihydropyridines is 1. The first-order valence-electron chi connectivity index (χ1n) is 12.2. The third-order valence-corrected chi connectivity index (χ3v) is 11.9. The SMILES string of the molecule is CC1NC=C(NC(=O)CCN2CCC[PH]2(C)C)C=C1NC(=O)c1cnn2cc(-c3ccnn3C)sc12. The van der Waals surface area contributed by atoms with E-state index in [1.165, 1.54) is 23.9 Å². The predicted molar refractivity (Wildman–Crippen MR) is 145 cm³/mol. The molecule has 5 rings (SSSR count). The second-order valence-corrected chi connectivity index (χ2v) is 15.8. The fourth-order valence-electron chi connectivity index (χ4n) is 4.77. The van der Waals surface area contributed by atoms with Crippen LogP contribution in [0.15, 0.2) is 48.3 Å². The van der Waals surface area contributed by atoms with Crippen LogP contribution in [0.5, 0.6) is 0 Å². The predicted octanol–water partition coefficient (Wildman–Crippen LogP) is 2.38. The van der Waals surface area contributed by atoms with Gasteiger partial charge in [0.15, 0.2) is 0 Å². The summed E-state index contributed by atoms with van der Waals surface area (Å²) in [7, 11) is 0.549. The van der Waals surface area contributed by atoms with E-state index in [1.807, 2.05) is 32.3 Å². The molecule has 3 N–H and O–H groups in total. The van der Waals surface area contributed by atoms with Gasteiger partial charge in [0.1, 0.15) is 0 Å². The molecule has 0 radical (unpaired) electrons. The second kappa shape index (κ2) is 9.80. The fourth-order valence-corrected chi connectivity index (χ4v) is 8.70. The Morgan fingerprint density at radius 2 is 2.11 bits per heavy atom. The number of nitrogens with zero attached hydrogens (tertiary/aromatic N) is 5.